The lowest BCUT2D eigenvalue weighted by molar-refractivity contribution is -0.135. The Balaban J connectivity index is 0.00000167. The first-order valence-corrected chi connectivity index (χ1v) is 13.6. The number of hydrogen-bond acceptors (Lipinski definition) is 3. The third-order valence-corrected chi connectivity index (χ3v) is 7.66. The molecule has 4 aliphatic rings. The number of H-pyrrole nitrogens is 1. The van der Waals surface area contributed by atoms with E-state index in [9.17, 15) is 13.2 Å². The molecule has 4 fully saturated rings. The average Bonchev–Trinajstić information content (AvgIpc) is 3.57. The van der Waals surface area contributed by atoms with E-state index in [1.165, 1.54) is 12.5 Å². The molecule has 0 aromatic carbocycles. The van der Waals surface area contributed by atoms with Gasteiger partial charge in [0.2, 0.25) is 0 Å². The molecule has 2 saturated carbocycles. The lowest BCUT2D eigenvalue weighted by Gasteiger charge is -2.37. The highest BCUT2D eigenvalue weighted by atomic mass is 19.4. The van der Waals surface area contributed by atoms with Crippen LogP contribution >= 0.6 is 0 Å². The maximum atomic E-state index is 14.4. The lowest BCUT2D eigenvalue weighted by Crippen LogP contribution is -2.34. The zero-order valence-electron chi connectivity index (χ0n) is 22.1. The number of allylic oxidation sites excluding steroid dienone is 3. The Morgan fingerprint density at radius 1 is 1.26 bits per heavy atom. The minimum absolute atomic E-state index is 0.0165. The molecule has 1 aromatic rings. The van der Waals surface area contributed by atoms with Crippen molar-refractivity contribution < 1.29 is 13.2 Å². The number of nitrogens with one attached hydrogen (secondary N) is 1. The predicted molar refractivity (Wildman–Crippen MR) is 138 cm³/mol. The summed E-state index contributed by atoms with van der Waals surface area (Å²) in [6.45, 7) is 10.8. The standard InChI is InChI=1S/C26H37F3N4.C2H6/c1-4-9-20(30-23(10-5-2)33-17-25(13-6-3)15-19(33)16-25)24(26(27,28)29)22-14-21(31-32-22)18-11-7-8-12-18;1-2/h4,9-10,14,18-19,24H,5-8,11-13,15-17H2,1-3H3,(H,31,32);1-2H3/b9-4-,23-10-,30-20+;. The van der Waals surface area contributed by atoms with Gasteiger partial charge in [-0.1, -0.05) is 53.0 Å². The van der Waals surface area contributed by atoms with E-state index in [0.717, 1.165) is 63.6 Å². The van der Waals surface area contributed by atoms with Gasteiger partial charge in [-0.15, -0.1) is 0 Å². The van der Waals surface area contributed by atoms with Gasteiger partial charge in [0.25, 0.3) is 0 Å². The Hall–Kier alpha value is -2.05. The van der Waals surface area contributed by atoms with Gasteiger partial charge in [0.15, 0.2) is 0 Å². The molecule has 5 rings (SSSR count). The highest BCUT2D eigenvalue weighted by molar-refractivity contribution is 6.01. The zero-order chi connectivity index (χ0) is 25.6. The van der Waals surface area contributed by atoms with Crippen LogP contribution in [0.4, 0.5) is 13.2 Å². The highest BCUT2D eigenvalue weighted by Crippen LogP contribution is 2.56. The number of aliphatic imine (C=N–C) groups is 1. The number of halogens is 3. The fraction of sp³-hybridized carbons (Fsp3) is 0.714. The third kappa shape index (κ3) is 6.03. The van der Waals surface area contributed by atoms with Crippen LogP contribution in [-0.2, 0) is 0 Å². The molecule has 2 bridgehead atoms. The largest absolute Gasteiger partial charge is 0.402 e. The molecular weight excluding hydrogens is 449 g/mol. The minimum atomic E-state index is -4.48. The Morgan fingerprint density at radius 3 is 2.51 bits per heavy atom. The van der Waals surface area contributed by atoms with Gasteiger partial charge >= 0.3 is 6.18 Å². The summed E-state index contributed by atoms with van der Waals surface area (Å²) in [4.78, 5) is 6.95. The zero-order valence-corrected chi connectivity index (χ0v) is 22.1. The highest BCUT2D eigenvalue weighted by Gasteiger charge is 2.55. The Labute approximate surface area is 209 Å². The van der Waals surface area contributed by atoms with E-state index in [1.54, 1.807) is 19.1 Å². The molecule has 2 saturated heterocycles. The molecule has 0 radical (unpaired) electrons. The van der Waals surface area contributed by atoms with Crippen LogP contribution in [0.1, 0.15) is 116 Å². The SMILES string of the molecule is CC.C\C=C/C(=N\C(=C\CC)N1CC2(CCC)CC1C2)C(c1cc(C2CCCC2)[nH]n1)C(F)(F)F. The first-order chi connectivity index (χ1) is 16.8. The van der Waals surface area contributed by atoms with Gasteiger partial charge in [0.1, 0.15) is 11.7 Å². The van der Waals surface area contributed by atoms with Gasteiger partial charge in [-0.3, -0.25) is 5.10 Å². The number of aromatic amines is 1. The summed E-state index contributed by atoms with van der Waals surface area (Å²) in [7, 11) is 0. The average molecular weight is 493 g/mol. The van der Waals surface area contributed by atoms with Crippen molar-refractivity contribution in [3.63, 3.8) is 0 Å². The second-order valence-corrected chi connectivity index (χ2v) is 10.2. The van der Waals surface area contributed by atoms with Crippen molar-refractivity contribution >= 4 is 5.71 Å². The molecule has 2 aliphatic carbocycles. The maximum Gasteiger partial charge on any atom is 0.402 e. The predicted octanol–water partition coefficient (Wildman–Crippen LogP) is 8.27. The van der Waals surface area contributed by atoms with Crippen LogP contribution in [-0.4, -0.2) is 39.6 Å². The van der Waals surface area contributed by atoms with E-state index >= 15 is 0 Å². The Bertz CT molecular complexity index is 900. The summed E-state index contributed by atoms with van der Waals surface area (Å²) in [5, 5.41) is 7.06. The van der Waals surface area contributed by atoms with Crippen molar-refractivity contribution in [2.24, 2.45) is 10.4 Å². The van der Waals surface area contributed by atoms with Gasteiger partial charge in [-0.05, 0) is 69.1 Å². The van der Waals surface area contributed by atoms with Crippen molar-refractivity contribution in [2.75, 3.05) is 6.54 Å². The van der Waals surface area contributed by atoms with Gasteiger partial charge < -0.3 is 4.90 Å². The first-order valence-electron chi connectivity index (χ1n) is 13.6. The number of hydrogen-bond donors (Lipinski definition) is 1. The molecule has 196 valence electrons. The van der Waals surface area contributed by atoms with E-state index in [1.807, 2.05) is 26.8 Å². The smallest absolute Gasteiger partial charge is 0.353 e. The Kier molecular flexibility index (Phi) is 9.28. The van der Waals surface area contributed by atoms with Crippen molar-refractivity contribution in [3.05, 3.63) is 41.5 Å². The first kappa shape index (κ1) is 27.5. The van der Waals surface area contributed by atoms with Crippen LogP contribution in [0.5, 0.6) is 0 Å². The summed E-state index contributed by atoms with van der Waals surface area (Å²) in [6, 6.07) is 2.02. The number of alkyl halides is 3. The monoisotopic (exact) mass is 492 g/mol. The molecule has 0 amide bonds. The van der Waals surface area contributed by atoms with Crippen LogP contribution in [0, 0.1) is 5.41 Å². The molecule has 35 heavy (non-hydrogen) atoms. The second kappa shape index (κ2) is 11.8. The summed E-state index contributed by atoms with van der Waals surface area (Å²) in [5.41, 5.74) is 1.18. The lowest BCUT2D eigenvalue weighted by atomic mass is 9.68. The van der Waals surface area contributed by atoms with E-state index < -0.39 is 12.1 Å². The molecule has 1 N–H and O–H groups in total. The topological polar surface area (TPSA) is 44.3 Å². The molecule has 1 aromatic heterocycles. The summed E-state index contributed by atoms with van der Waals surface area (Å²) < 4.78 is 43.3. The molecule has 0 spiro atoms. The van der Waals surface area contributed by atoms with Gasteiger partial charge in [-0.25, -0.2) is 4.99 Å². The Morgan fingerprint density at radius 2 is 1.94 bits per heavy atom. The van der Waals surface area contributed by atoms with Crippen molar-refractivity contribution in [3.8, 4) is 0 Å². The molecule has 3 heterocycles. The van der Waals surface area contributed by atoms with E-state index in [-0.39, 0.29) is 17.3 Å². The van der Waals surface area contributed by atoms with E-state index in [0.29, 0.717) is 17.3 Å². The summed E-state index contributed by atoms with van der Waals surface area (Å²) in [5.74, 6) is -0.876. The van der Waals surface area contributed by atoms with Gasteiger partial charge in [0.05, 0.1) is 11.4 Å². The van der Waals surface area contributed by atoms with Crippen LogP contribution in [0.3, 0.4) is 0 Å². The van der Waals surface area contributed by atoms with E-state index in [2.05, 4.69) is 22.0 Å². The second-order valence-electron chi connectivity index (χ2n) is 10.2. The van der Waals surface area contributed by atoms with E-state index in [4.69, 9.17) is 4.99 Å². The molecule has 2 aliphatic heterocycles. The molecule has 7 heteroatoms. The number of fused-ring (bicyclic) bond motifs is 1. The summed E-state index contributed by atoms with van der Waals surface area (Å²) in [6.07, 6.45) is 10.2. The minimum Gasteiger partial charge on any atom is -0.353 e. The number of aromatic nitrogens is 2. The third-order valence-electron chi connectivity index (χ3n) is 7.66. The van der Waals surface area contributed by atoms with Crippen LogP contribution < -0.4 is 0 Å². The quantitative estimate of drug-likeness (QED) is 0.353. The van der Waals surface area contributed by atoms with Gasteiger partial charge in [-0.2, -0.15) is 18.3 Å². The fourth-order valence-corrected chi connectivity index (χ4v) is 6.21. The van der Waals surface area contributed by atoms with Crippen LogP contribution in [0.25, 0.3) is 0 Å². The van der Waals surface area contributed by atoms with Crippen LogP contribution in [0.15, 0.2) is 35.1 Å². The molecule has 1 unspecified atom stereocenters. The molecular formula is C28H43F3N4. The summed E-state index contributed by atoms with van der Waals surface area (Å²) >= 11 is 0. The van der Waals surface area contributed by atoms with Gasteiger partial charge in [0, 0.05) is 24.2 Å². The number of rotatable bonds is 9. The van der Waals surface area contributed by atoms with Crippen LogP contribution in [0.2, 0.25) is 0 Å². The van der Waals surface area contributed by atoms with Crippen molar-refractivity contribution in [1.82, 2.24) is 15.1 Å². The van der Waals surface area contributed by atoms with Crippen molar-refractivity contribution in [1.29, 1.82) is 0 Å². The molecule has 4 nitrogen and oxygen atoms in total. The molecule has 1 atom stereocenters. The van der Waals surface area contributed by atoms with Crippen molar-refractivity contribution in [2.45, 2.75) is 116 Å². The number of nitrogens with zero attached hydrogens (tertiary/aromatic N) is 3. The normalized spacial score (nSPS) is 26.2. The fourth-order valence-electron chi connectivity index (χ4n) is 6.21. The maximum absolute atomic E-state index is 14.4.